The van der Waals surface area contributed by atoms with E-state index in [4.69, 9.17) is 6.57 Å². The van der Waals surface area contributed by atoms with Crippen molar-refractivity contribution in [2.75, 3.05) is 20.0 Å². The molecule has 0 atom stereocenters. The summed E-state index contributed by atoms with van der Waals surface area (Å²) in [6.07, 6.45) is -54.8. The minimum absolute atomic E-state index is 0. The van der Waals surface area contributed by atoms with Crippen LogP contribution in [0.1, 0.15) is 99.9 Å². The number of rotatable bonds is 7. The predicted octanol–water partition coefficient (Wildman–Crippen LogP) is 19.9. The van der Waals surface area contributed by atoms with Crippen LogP contribution in [0, 0.1) is 42.1 Å². The van der Waals surface area contributed by atoms with E-state index in [0.717, 1.165) is 45.1 Å². The summed E-state index contributed by atoms with van der Waals surface area (Å²) in [7, 11) is -2.23. The summed E-state index contributed by atoms with van der Waals surface area (Å²) in [5.74, 6) is 6.09. The van der Waals surface area contributed by atoms with Gasteiger partial charge in [0, 0.05) is 15.6 Å². The van der Waals surface area contributed by atoms with E-state index in [2.05, 4.69) is 116 Å². The molecule has 0 aliphatic heterocycles. The van der Waals surface area contributed by atoms with Gasteiger partial charge in [-0.2, -0.15) is 148 Å². The minimum atomic E-state index is -6.13. The molecular weight excluding hydrogens is 1460 g/mol. The summed E-state index contributed by atoms with van der Waals surface area (Å²) in [5, 5.41) is 3.41. The van der Waals surface area contributed by atoms with Crippen molar-refractivity contribution in [3.05, 3.63) is 225 Å². The van der Waals surface area contributed by atoms with E-state index in [0.29, 0.717) is 7.92 Å². The monoisotopic (exact) mass is 1520 g/mol. The third kappa shape index (κ3) is 21.6. The molecule has 0 aromatic heterocycles. The van der Waals surface area contributed by atoms with E-state index in [-0.39, 0.29) is 19.5 Å². The molecule has 8 rings (SSSR count). The Morgan fingerprint density at radius 2 is 0.454 bits per heavy atom. The first-order valence-corrected chi connectivity index (χ1v) is 33.6. The molecule has 0 saturated heterocycles. The van der Waals surface area contributed by atoms with E-state index in [1.165, 1.54) is 5.92 Å². The molecule has 7 aromatic rings. The first-order valence-electron chi connectivity index (χ1n) is 28.9. The summed E-state index contributed by atoms with van der Waals surface area (Å²) in [6.45, 7) is 32.9. The van der Waals surface area contributed by atoms with Crippen LogP contribution in [0.4, 0.5) is 105 Å². The normalized spacial score (nSPS) is 17.2. The maximum absolute atomic E-state index is 14.2. The zero-order valence-electron chi connectivity index (χ0n) is 53.4. The van der Waals surface area contributed by atoms with Gasteiger partial charge in [-0.05, 0) is 73.8 Å². The number of nitrogens with zero attached hydrogens (tertiary/aromatic N) is 1. The van der Waals surface area contributed by atoms with Crippen molar-refractivity contribution in [2.45, 2.75) is 105 Å². The van der Waals surface area contributed by atoms with Crippen LogP contribution in [0.15, 0.2) is 164 Å². The van der Waals surface area contributed by atoms with Crippen LogP contribution in [0.25, 0.3) is 4.51 Å². The fourth-order valence-electron chi connectivity index (χ4n) is 11.2. The molecule has 1 fully saturated rings. The Hall–Kier alpha value is -6.31. The summed E-state index contributed by atoms with van der Waals surface area (Å²) in [5.41, 5.74) is -30.2. The molecule has 0 spiro atoms. The first kappa shape index (κ1) is 84.9. The van der Waals surface area contributed by atoms with E-state index in [1.54, 1.807) is 0 Å². The van der Waals surface area contributed by atoms with Crippen LogP contribution < -0.4 is 37.4 Å². The Kier molecular flexibility index (Phi) is 28.3. The molecule has 0 radical (unpaired) electrons. The minimum Gasteiger partial charge on any atom is -0.398 e. The zero-order valence-corrected chi connectivity index (χ0v) is 56.9. The molecule has 29 heteroatoms. The van der Waals surface area contributed by atoms with Crippen molar-refractivity contribution >= 4 is 59.7 Å². The molecule has 1 saturated carbocycles. The van der Waals surface area contributed by atoms with E-state index >= 15 is 0 Å². The molecule has 0 heterocycles. The maximum atomic E-state index is 14.2. The van der Waals surface area contributed by atoms with Gasteiger partial charge in [0.1, 0.15) is 6.15 Å². The van der Waals surface area contributed by atoms with Crippen molar-refractivity contribution in [2.24, 2.45) is 29.6 Å². The predicted molar refractivity (Wildman–Crippen MR) is 331 cm³/mol. The van der Waals surface area contributed by atoms with Crippen LogP contribution in [0.5, 0.6) is 0 Å². The van der Waals surface area contributed by atoms with Gasteiger partial charge in [0.15, 0.2) is 0 Å². The Balaban J connectivity index is 0.000000491. The van der Waals surface area contributed by atoms with Crippen LogP contribution in [-0.4, -0.2) is 34.4 Å². The molecular formula is C68H65BF24NPRhSi+. The van der Waals surface area contributed by atoms with Crippen LogP contribution in [-0.2, 0) is 68.9 Å². The topological polar surface area (TPSA) is 4.36 Å². The van der Waals surface area contributed by atoms with E-state index in [9.17, 15) is 105 Å². The van der Waals surface area contributed by atoms with Crippen LogP contribution in [0.3, 0.4) is 0 Å². The van der Waals surface area contributed by atoms with Crippen molar-refractivity contribution in [1.82, 2.24) is 0 Å². The second-order valence-corrected chi connectivity index (χ2v) is 30.3. The molecule has 1 nitrogen and oxygen atoms in total. The molecule has 530 valence electrons. The average Bonchev–Trinajstić information content (AvgIpc) is 1.10. The van der Waals surface area contributed by atoms with Gasteiger partial charge >= 0.3 is 77.1 Å². The molecule has 0 amide bonds. The van der Waals surface area contributed by atoms with Crippen molar-refractivity contribution in [1.29, 1.82) is 0 Å². The van der Waals surface area contributed by atoms with Gasteiger partial charge in [-0.25, -0.2) is 0 Å². The van der Waals surface area contributed by atoms with Gasteiger partial charge < -0.3 is 10.4 Å². The molecule has 1 aliphatic carbocycles. The smallest absolute Gasteiger partial charge is 0.398 e. The Morgan fingerprint density at radius 3 is 0.567 bits per heavy atom. The number of halogens is 24. The fourth-order valence-corrected chi connectivity index (χ4v) is 14.6. The van der Waals surface area contributed by atoms with E-state index < -0.39 is 203 Å². The summed E-state index contributed by atoms with van der Waals surface area (Å²) in [6, 6.07) is 21.9. The zero-order chi connectivity index (χ0) is 73.5. The van der Waals surface area contributed by atoms with Crippen molar-refractivity contribution in [3.8, 4) is 0 Å². The van der Waals surface area contributed by atoms with Gasteiger partial charge in [-0.1, -0.05) is 174 Å². The van der Waals surface area contributed by atoms with Gasteiger partial charge in [0.2, 0.25) is 0 Å². The largest absolute Gasteiger partial charge is 3.00 e. The number of hydrogen-bond acceptors (Lipinski definition) is 0. The second-order valence-electron chi connectivity index (χ2n) is 24.3. The second kappa shape index (κ2) is 32.3. The third-order valence-corrected chi connectivity index (χ3v) is 20.2. The molecule has 7 aromatic carbocycles. The number of alkyl halides is 24. The molecule has 97 heavy (non-hydrogen) atoms. The van der Waals surface area contributed by atoms with Gasteiger partial charge in [0.25, 0.3) is 0 Å². The van der Waals surface area contributed by atoms with Crippen LogP contribution in [0.2, 0.25) is 0 Å². The molecule has 0 unspecified atom stereocenters. The fraction of sp³-hybridized carbons (Fsp3) is 0.353. The van der Waals surface area contributed by atoms with Gasteiger partial charge in [-0.15, -0.1) is 7.92 Å². The summed E-state index contributed by atoms with van der Waals surface area (Å²) >= 11 is 0. The van der Waals surface area contributed by atoms with Gasteiger partial charge in [0.05, 0.1) is 44.5 Å². The first-order chi connectivity index (χ1) is 43.7. The quantitative estimate of drug-likeness (QED) is 0.0493. The van der Waals surface area contributed by atoms with Crippen LogP contribution >= 0.6 is 7.92 Å². The van der Waals surface area contributed by atoms with Crippen molar-refractivity contribution in [3.63, 3.8) is 0 Å². The Labute approximate surface area is 561 Å². The number of benzene rings is 7. The Morgan fingerprint density at radius 1 is 0.320 bits per heavy atom. The summed E-state index contributed by atoms with van der Waals surface area (Å²) < 4.78 is 345. The third-order valence-electron chi connectivity index (χ3n) is 16.3. The SMILES string of the molecule is CC1C(C)C(C)C(C)C1C.CP(C)C.C[C-](C)C.FC(F)(F)c1cc([B-](c2cc(C(F)(F)F)cc(C(F)(F)F)c2)(c2cc(C(F)(F)F)cc(C(F)(F)F)c2)c2cc(C(F)(F)F)cc(C(F)(F)F)c2)cc(C(F)(F)F)c1.[C-]#[N+][Si](c1ccccc1)(c1ccccc1)c1ccccc1.[Rh+3]. The van der Waals surface area contributed by atoms with Crippen molar-refractivity contribution < 1.29 is 125 Å². The van der Waals surface area contributed by atoms with E-state index in [1.807, 2.05) is 54.6 Å². The maximum Gasteiger partial charge on any atom is 3.00 e. The van der Waals surface area contributed by atoms with Gasteiger partial charge in [-0.3, -0.25) is 6.57 Å². The average molecular weight is 1530 g/mol. The Bertz CT molecular complexity index is 3110. The molecule has 0 bridgehead atoms. The number of hydrogen-bond donors (Lipinski definition) is 0. The molecule has 0 N–H and O–H groups in total. The molecule has 1 aliphatic rings. The summed E-state index contributed by atoms with van der Waals surface area (Å²) in [4.78, 5) is 0. The standard InChI is InChI=1S/C32H12BF24.C19H15NSi.C10H20.C4H9.C3H9P.Rh/c34-25(35,36)13-1-14(26(37,38)39)6-21(5-13)33(22-7-15(27(40,41)42)2-16(8-22)28(43,44)45,23-9-17(29(46,47)48)3-18(10-23)30(49,50)51)24-11-19(31(52,53)54)4-20(12-24)32(55,56)57;1-20-21(17-11-5-2-6-12-17,18-13-7-3-8-14-18)19-15-9-4-10-16-19;1-6-7(2)9(4)10(5)8(6)3;2*1-4(2)3;/h1-12H;2-16H;6-10H,1-5H3;2*1-3H3;/q-1;;;-1;;+3.